The van der Waals surface area contributed by atoms with Crippen LogP contribution >= 0.6 is 0 Å². The van der Waals surface area contributed by atoms with Gasteiger partial charge in [-0.2, -0.15) is 0 Å². The van der Waals surface area contributed by atoms with Gasteiger partial charge in [-0.25, -0.2) is 4.79 Å². The van der Waals surface area contributed by atoms with Crippen LogP contribution in [0.5, 0.6) is 0 Å². The zero-order valence-corrected chi connectivity index (χ0v) is 28.5. The summed E-state index contributed by atoms with van der Waals surface area (Å²) in [5.74, 6) is -0.672. The summed E-state index contributed by atoms with van der Waals surface area (Å²) in [4.78, 5) is 39.0. The largest absolute Gasteiger partial charge is 0.395 e. The first-order valence-corrected chi connectivity index (χ1v) is 17.0. The molecule has 264 valence electrons. The molecule has 1 aliphatic heterocycles. The van der Waals surface area contributed by atoms with Crippen molar-refractivity contribution in [3.05, 3.63) is 102 Å². The van der Waals surface area contributed by atoms with Gasteiger partial charge in [-0.3, -0.25) is 9.59 Å². The third kappa shape index (κ3) is 9.45. The van der Waals surface area contributed by atoms with E-state index in [0.29, 0.717) is 19.4 Å². The van der Waals surface area contributed by atoms with Crippen molar-refractivity contribution in [3.8, 4) is 11.1 Å². The number of amides is 4. The molecule has 1 aliphatic rings. The zero-order chi connectivity index (χ0) is 35.7. The number of β-amino-alcohol motifs (C(OH)–C–C–N with tert-alkyl or cyclic N) is 1. The van der Waals surface area contributed by atoms with Crippen molar-refractivity contribution in [2.24, 2.45) is 0 Å². The molecule has 0 saturated heterocycles. The molecule has 1 heterocycles. The number of benzene rings is 4. The highest BCUT2D eigenvalue weighted by Gasteiger charge is 2.33. The van der Waals surface area contributed by atoms with Gasteiger partial charge in [-0.05, 0) is 77.3 Å². The SMILES string of the molecule is CC(C)(CC(=O)N[C@@H]1CC(Cc2ccc(-c3ccccc3CNC(=O)NCCO)cc2)c2c(ccc3ccccc23)NC1=O)NC[C@H](O)CO. The fraction of sp³-hybridized carbons (Fsp3) is 0.359. The van der Waals surface area contributed by atoms with Crippen molar-refractivity contribution in [2.75, 3.05) is 31.6 Å². The Morgan fingerprint density at radius 3 is 2.44 bits per heavy atom. The lowest BCUT2D eigenvalue weighted by molar-refractivity contribution is -0.127. The number of carbonyl (C=O) groups excluding carboxylic acids is 3. The van der Waals surface area contributed by atoms with Crippen molar-refractivity contribution >= 4 is 34.3 Å². The Bertz CT molecular complexity index is 1790. The molecule has 0 spiro atoms. The average Bonchev–Trinajstić information content (AvgIpc) is 3.24. The second-order valence-corrected chi connectivity index (χ2v) is 13.5. The van der Waals surface area contributed by atoms with Crippen LogP contribution in [0.1, 0.15) is 49.3 Å². The second kappa shape index (κ2) is 16.7. The lowest BCUT2D eigenvalue weighted by atomic mass is 9.83. The molecule has 0 aliphatic carbocycles. The number of fused-ring (bicyclic) bond motifs is 3. The zero-order valence-electron chi connectivity index (χ0n) is 28.5. The highest BCUT2D eigenvalue weighted by Crippen LogP contribution is 2.39. The Morgan fingerprint density at radius 1 is 0.940 bits per heavy atom. The number of carbonyl (C=O) groups is 3. The van der Waals surface area contributed by atoms with E-state index in [-0.39, 0.29) is 56.5 Å². The van der Waals surface area contributed by atoms with Gasteiger partial charge in [0.05, 0.1) is 19.3 Å². The molecular weight excluding hydrogens is 634 g/mol. The summed E-state index contributed by atoms with van der Waals surface area (Å²) in [7, 11) is 0. The number of aliphatic hydroxyl groups is 3. The summed E-state index contributed by atoms with van der Waals surface area (Å²) in [5, 5.41) is 44.6. The molecule has 0 radical (unpaired) electrons. The maximum atomic E-state index is 13.6. The molecular formula is C39H47N5O6. The van der Waals surface area contributed by atoms with E-state index in [1.54, 1.807) is 0 Å². The Morgan fingerprint density at radius 2 is 1.68 bits per heavy atom. The molecule has 3 atom stereocenters. The molecule has 4 aromatic carbocycles. The first kappa shape index (κ1) is 36.5. The van der Waals surface area contributed by atoms with E-state index in [0.717, 1.165) is 44.3 Å². The average molecular weight is 682 g/mol. The number of urea groups is 1. The Hall–Kier alpha value is -4.81. The minimum absolute atomic E-state index is 0.0707. The Kier molecular flexibility index (Phi) is 12.2. The molecule has 0 fully saturated rings. The molecule has 0 bridgehead atoms. The fourth-order valence-electron chi connectivity index (χ4n) is 6.52. The minimum Gasteiger partial charge on any atom is -0.395 e. The van der Waals surface area contributed by atoms with Gasteiger partial charge in [0.2, 0.25) is 11.8 Å². The molecule has 8 N–H and O–H groups in total. The number of anilines is 1. The monoisotopic (exact) mass is 681 g/mol. The van der Waals surface area contributed by atoms with E-state index < -0.39 is 17.7 Å². The second-order valence-electron chi connectivity index (χ2n) is 13.5. The Labute approximate surface area is 292 Å². The van der Waals surface area contributed by atoms with Gasteiger partial charge in [-0.1, -0.05) is 78.9 Å². The van der Waals surface area contributed by atoms with Gasteiger partial charge in [0, 0.05) is 37.3 Å². The lowest BCUT2D eigenvalue weighted by Crippen LogP contribution is -2.50. The standard InChI is InChI=1S/C39H47N5O6/c1-39(2,42-23-30(47)24-46)21-35(48)43-34-20-29(36-32-10-6-3-7-26(32)15-16-33(36)44-37(34)49)19-25-11-13-27(14-12-25)31-9-5-4-8-28(31)22-41-38(50)40-17-18-45/h3-16,29-30,34,42,45-47H,17-24H2,1-2H3,(H,43,48)(H,44,49)(H2,40,41,50)/t29?,30-,34+/m0/s1. The molecule has 1 unspecified atom stereocenters. The first-order chi connectivity index (χ1) is 24.1. The van der Waals surface area contributed by atoms with Gasteiger partial charge in [0.25, 0.3) is 0 Å². The third-order valence-electron chi connectivity index (χ3n) is 9.04. The number of nitrogens with one attached hydrogen (secondary N) is 5. The summed E-state index contributed by atoms with van der Waals surface area (Å²) in [6.07, 6.45) is 0.157. The van der Waals surface area contributed by atoms with E-state index in [1.165, 1.54) is 0 Å². The summed E-state index contributed by atoms with van der Waals surface area (Å²) in [6.45, 7) is 3.81. The van der Waals surface area contributed by atoms with E-state index in [1.807, 2.05) is 62.4 Å². The molecule has 50 heavy (non-hydrogen) atoms. The minimum atomic E-state index is -0.934. The number of hydrogen-bond acceptors (Lipinski definition) is 7. The number of aliphatic hydroxyl groups excluding tert-OH is 3. The molecule has 0 saturated carbocycles. The van der Waals surface area contributed by atoms with Crippen LogP contribution in [0.3, 0.4) is 0 Å². The van der Waals surface area contributed by atoms with Gasteiger partial charge in [0.15, 0.2) is 0 Å². The van der Waals surface area contributed by atoms with Crippen LogP contribution in [-0.4, -0.2) is 77.2 Å². The van der Waals surface area contributed by atoms with Gasteiger partial charge >= 0.3 is 6.03 Å². The Balaban J connectivity index is 1.37. The summed E-state index contributed by atoms with van der Waals surface area (Å²) < 4.78 is 0. The number of rotatable bonds is 14. The summed E-state index contributed by atoms with van der Waals surface area (Å²) in [5.41, 5.74) is 5.11. The molecule has 5 rings (SSSR count). The smallest absolute Gasteiger partial charge is 0.315 e. The van der Waals surface area contributed by atoms with Crippen LogP contribution in [-0.2, 0) is 22.6 Å². The predicted octanol–water partition coefficient (Wildman–Crippen LogP) is 3.56. The van der Waals surface area contributed by atoms with Crippen LogP contribution < -0.4 is 26.6 Å². The molecule has 11 heteroatoms. The van der Waals surface area contributed by atoms with Crippen molar-refractivity contribution in [2.45, 2.75) is 63.3 Å². The molecule has 4 aromatic rings. The van der Waals surface area contributed by atoms with Crippen molar-refractivity contribution in [3.63, 3.8) is 0 Å². The van der Waals surface area contributed by atoms with E-state index >= 15 is 0 Å². The normalized spacial score (nSPS) is 16.5. The van der Waals surface area contributed by atoms with Crippen LogP contribution in [0.2, 0.25) is 0 Å². The van der Waals surface area contributed by atoms with Crippen LogP contribution in [0.15, 0.2) is 84.9 Å². The first-order valence-electron chi connectivity index (χ1n) is 17.0. The van der Waals surface area contributed by atoms with Gasteiger partial charge in [0.1, 0.15) is 6.04 Å². The lowest BCUT2D eigenvalue weighted by Gasteiger charge is -2.28. The highest BCUT2D eigenvalue weighted by atomic mass is 16.3. The van der Waals surface area contributed by atoms with Crippen LogP contribution in [0, 0.1) is 0 Å². The van der Waals surface area contributed by atoms with E-state index in [4.69, 9.17) is 10.2 Å². The van der Waals surface area contributed by atoms with Crippen LogP contribution in [0.4, 0.5) is 10.5 Å². The van der Waals surface area contributed by atoms with Crippen molar-refractivity contribution in [1.29, 1.82) is 0 Å². The summed E-state index contributed by atoms with van der Waals surface area (Å²) >= 11 is 0. The predicted molar refractivity (Wildman–Crippen MR) is 195 cm³/mol. The quantitative estimate of drug-likeness (QED) is 0.101. The van der Waals surface area contributed by atoms with Crippen molar-refractivity contribution < 1.29 is 29.7 Å². The molecule has 4 amide bonds. The number of hydrogen-bond donors (Lipinski definition) is 8. The maximum absolute atomic E-state index is 13.6. The molecule has 0 aromatic heterocycles. The topological polar surface area (TPSA) is 172 Å². The van der Waals surface area contributed by atoms with Crippen LogP contribution in [0.25, 0.3) is 21.9 Å². The maximum Gasteiger partial charge on any atom is 0.315 e. The fourth-order valence-corrected chi connectivity index (χ4v) is 6.52. The van der Waals surface area contributed by atoms with Crippen molar-refractivity contribution in [1.82, 2.24) is 21.3 Å². The van der Waals surface area contributed by atoms with Gasteiger partial charge < -0.3 is 41.9 Å². The highest BCUT2D eigenvalue weighted by molar-refractivity contribution is 6.02. The van der Waals surface area contributed by atoms with Gasteiger partial charge in [-0.15, -0.1) is 0 Å². The summed E-state index contributed by atoms with van der Waals surface area (Å²) in [6, 6.07) is 27.1. The third-order valence-corrected chi connectivity index (χ3v) is 9.04. The van der Waals surface area contributed by atoms with E-state index in [9.17, 15) is 19.5 Å². The van der Waals surface area contributed by atoms with E-state index in [2.05, 4.69) is 63.0 Å². The molecule has 11 nitrogen and oxygen atoms in total.